The zero-order valence-corrected chi connectivity index (χ0v) is 12.8. The SMILES string of the molecule is CCCC(c1cn(-c2ccccc2)nn1)n1cccc(O)c1=O. The first-order chi connectivity index (χ1) is 11.2. The fourth-order valence-corrected chi connectivity index (χ4v) is 2.58. The summed E-state index contributed by atoms with van der Waals surface area (Å²) in [6.45, 7) is 2.04. The fourth-order valence-electron chi connectivity index (χ4n) is 2.58. The highest BCUT2D eigenvalue weighted by Gasteiger charge is 2.19. The molecule has 0 aliphatic carbocycles. The third kappa shape index (κ3) is 3.01. The van der Waals surface area contributed by atoms with E-state index in [0.29, 0.717) is 5.69 Å². The number of hydrogen-bond acceptors (Lipinski definition) is 4. The molecule has 118 valence electrons. The smallest absolute Gasteiger partial charge is 0.293 e. The summed E-state index contributed by atoms with van der Waals surface area (Å²) in [5.41, 5.74) is 1.19. The highest BCUT2D eigenvalue weighted by Crippen LogP contribution is 2.21. The summed E-state index contributed by atoms with van der Waals surface area (Å²) in [4.78, 5) is 12.2. The first-order valence-electron chi connectivity index (χ1n) is 7.58. The zero-order chi connectivity index (χ0) is 16.2. The van der Waals surface area contributed by atoms with Crippen molar-refractivity contribution in [2.24, 2.45) is 0 Å². The molecule has 2 aromatic heterocycles. The van der Waals surface area contributed by atoms with Crippen molar-refractivity contribution in [3.63, 3.8) is 0 Å². The number of nitrogens with zero attached hydrogens (tertiary/aromatic N) is 4. The molecule has 1 N–H and O–H groups in total. The molecule has 6 nitrogen and oxygen atoms in total. The summed E-state index contributed by atoms with van der Waals surface area (Å²) < 4.78 is 3.20. The number of para-hydroxylation sites is 1. The van der Waals surface area contributed by atoms with Gasteiger partial charge in [0.2, 0.25) is 0 Å². The number of pyridine rings is 1. The Morgan fingerprint density at radius 3 is 2.70 bits per heavy atom. The number of rotatable bonds is 5. The molecule has 3 aromatic rings. The van der Waals surface area contributed by atoms with E-state index in [2.05, 4.69) is 10.3 Å². The number of hydrogen-bond donors (Lipinski definition) is 1. The van der Waals surface area contributed by atoms with Crippen LogP contribution in [-0.2, 0) is 0 Å². The third-order valence-electron chi connectivity index (χ3n) is 3.73. The van der Waals surface area contributed by atoms with Crippen LogP contribution in [0.2, 0.25) is 0 Å². The van der Waals surface area contributed by atoms with Gasteiger partial charge in [-0.1, -0.05) is 36.8 Å². The molecule has 0 saturated heterocycles. The molecule has 1 atom stereocenters. The van der Waals surface area contributed by atoms with Crippen LogP contribution >= 0.6 is 0 Å². The van der Waals surface area contributed by atoms with E-state index in [4.69, 9.17) is 0 Å². The van der Waals surface area contributed by atoms with Crippen LogP contribution in [0.25, 0.3) is 5.69 Å². The highest BCUT2D eigenvalue weighted by atomic mass is 16.3. The Bertz CT molecular complexity index is 839. The van der Waals surface area contributed by atoms with Gasteiger partial charge >= 0.3 is 0 Å². The predicted octanol–water partition coefficient (Wildman–Crippen LogP) is 2.52. The van der Waals surface area contributed by atoms with Gasteiger partial charge in [-0.3, -0.25) is 4.79 Å². The van der Waals surface area contributed by atoms with E-state index >= 15 is 0 Å². The number of aromatic hydroxyl groups is 1. The van der Waals surface area contributed by atoms with Gasteiger partial charge in [0.15, 0.2) is 5.75 Å². The standard InChI is InChI=1S/C17H18N4O2/c1-2-7-15(20-11-6-10-16(22)17(20)23)14-12-21(19-18-14)13-8-4-3-5-9-13/h3-6,8-12,15,22H,2,7H2,1H3. The highest BCUT2D eigenvalue weighted by molar-refractivity contribution is 5.30. The summed E-state index contributed by atoms with van der Waals surface area (Å²) in [6.07, 6.45) is 5.11. The van der Waals surface area contributed by atoms with Gasteiger partial charge in [-0.15, -0.1) is 5.10 Å². The Balaban J connectivity index is 2.01. The molecule has 0 radical (unpaired) electrons. The van der Waals surface area contributed by atoms with Crippen LogP contribution < -0.4 is 5.56 Å². The third-order valence-corrected chi connectivity index (χ3v) is 3.73. The minimum absolute atomic E-state index is 0.253. The van der Waals surface area contributed by atoms with Gasteiger partial charge in [0.05, 0.1) is 17.9 Å². The first-order valence-corrected chi connectivity index (χ1v) is 7.58. The zero-order valence-electron chi connectivity index (χ0n) is 12.8. The molecule has 0 saturated carbocycles. The van der Waals surface area contributed by atoms with Gasteiger partial charge in [0.25, 0.3) is 5.56 Å². The van der Waals surface area contributed by atoms with Crippen LogP contribution in [0.1, 0.15) is 31.5 Å². The van der Waals surface area contributed by atoms with E-state index in [1.165, 1.54) is 10.6 Å². The van der Waals surface area contributed by atoms with Gasteiger partial charge in [-0.25, -0.2) is 4.68 Å². The second kappa shape index (κ2) is 6.48. The molecule has 6 heteroatoms. The summed E-state index contributed by atoms with van der Waals surface area (Å²) in [5.74, 6) is -0.260. The van der Waals surface area contributed by atoms with Crippen LogP contribution in [0.3, 0.4) is 0 Å². The average molecular weight is 310 g/mol. The Hall–Kier alpha value is -2.89. The van der Waals surface area contributed by atoms with E-state index in [9.17, 15) is 9.90 Å². The average Bonchev–Trinajstić information content (AvgIpc) is 3.06. The van der Waals surface area contributed by atoms with Gasteiger partial charge in [0, 0.05) is 6.20 Å². The minimum Gasteiger partial charge on any atom is -0.503 e. The molecular weight excluding hydrogens is 292 g/mol. The molecule has 2 heterocycles. The number of aromatic nitrogens is 4. The Kier molecular flexibility index (Phi) is 4.23. The first kappa shape index (κ1) is 15.0. The van der Waals surface area contributed by atoms with Crippen LogP contribution in [0, 0.1) is 0 Å². The maximum atomic E-state index is 12.2. The summed E-state index contributed by atoms with van der Waals surface area (Å²) in [6, 6.07) is 12.5. The Morgan fingerprint density at radius 1 is 1.17 bits per heavy atom. The molecule has 0 fully saturated rings. The van der Waals surface area contributed by atoms with Crippen molar-refractivity contribution in [2.75, 3.05) is 0 Å². The molecule has 0 amide bonds. The quantitative estimate of drug-likeness (QED) is 0.786. The molecule has 1 aromatic carbocycles. The lowest BCUT2D eigenvalue weighted by Gasteiger charge is -2.16. The Labute approximate surface area is 133 Å². The number of benzene rings is 1. The minimum atomic E-state index is -0.416. The second-order valence-electron chi connectivity index (χ2n) is 5.33. The fraction of sp³-hybridized carbons (Fsp3) is 0.235. The van der Waals surface area contributed by atoms with Gasteiger partial charge in [0.1, 0.15) is 5.69 Å². The lowest BCUT2D eigenvalue weighted by atomic mass is 10.1. The molecular formula is C17H18N4O2. The van der Waals surface area contributed by atoms with Crippen molar-refractivity contribution in [3.8, 4) is 11.4 Å². The summed E-state index contributed by atoms with van der Waals surface area (Å²) >= 11 is 0. The Morgan fingerprint density at radius 2 is 1.96 bits per heavy atom. The van der Waals surface area contributed by atoms with Crippen molar-refractivity contribution in [2.45, 2.75) is 25.8 Å². The normalized spacial score (nSPS) is 12.2. The lowest BCUT2D eigenvalue weighted by Crippen LogP contribution is -2.24. The van der Waals surface area contributed by atoms with Gasteiger partial charge < -0.3 is 9.67 Å². The molecule has 1 unspecified atom stereocenters. The van der Waals surface area contributed by atoms with Crippen LogP contribution in [0.15, 0.2) is 59.7 Å². The van der Waals surface area contributed by atoms with Gasteiger partial charge in [-0.05, 0) is 30.7 Å². The van der Waals surface area contributed by atoms with Crippen molar-refractivity contribution >= 4 is 0 Å². The molecule has 23 heavy (non-hydrogen) atoms. The van der Waals surface area contributed by atoms with E-state index < -0.39 is 5.56 Å². The summed E-state index contributed by atoms with van der Waals surface area (Å²) in [5, 5.41) is 18.1. The molecule has 0 aliphatic heterocycles. The maximum absolute atomic E-state index is 12.2. The maximum Gasteiger partial charge on any atom is 0.293 e. The largest absolute Gasteiger partial charge is 0.503 e. The molecule has 0 bridgehead atoms. The lowest BCUT2D eigenvalue weighted by molar-refractivity contribution is 0.439. The molecule has 3 rings (SSSR count). The summed E-state index contributed by atoms with van der Waals surface area (Å²) in [7, 11) is 0. The van der Waals surface area contributed by atoms with Crippen LogP contribution in [0.5, 0.6) is 5.75 Å². The topological polar surface area (TPSA) is 72.9 Å². The van der Waals surface area contributed by atoms with E-state index in [-0.39, 0.29) is 11.8 Å². The van der Waals surface area contributed by atoms with Crippen molar-refractivity contribution in [3.05, 3.63) is 70.9 Å². The van der Waals surface area contributed by atoms with Crippen molar-refractivity contribution < 1.29 is 5.11 Å². The van der Waals surface area contributed by atoms with Crippen molar-refractivity contribution in [1.82, 2.24) is 19.6 Å². The van der Waals surface area contributed by atoms with Gasteiger partial charge in [-0.2, -0.15) is 0 Å². The van der Waals surface area contributed by atoms with E-state index in [1.807, 2.05) is 43.5 Å². The van der Waals surface area contributed by atoms with Crippen LogP contribution in [0.4, 0.5) is 0 Å². The predicted molar refractivity (Wildman–Crippen MR) is 86.8 cm³/mol. The van der Waals surface area contributed by atoms with Crippen molar-refractivity contribution in [1.29, 1.82) is 0 Å². The second-order valence-corrected chi connectivity index (χ2v) is 5.33. The van der Waals surface area contributed by atoms with Crippen LogP contribution in [-0.4, -0.2) is 24.7 Å². The monoisotopic (exact) mass is 310 g/mol. The molecule has 0 aliphatic rings. The van der Waals surface area contributed by atoms with E-state index in [1.54, 1.807) is 16.9 Å². The van der Waals surface area contributed by atoms with E-state index in [0.717, 1.165) is 18.5 Å². The molecule has 0 spiro atoms.